The third kappa shape index (κ3) is 3.23. The Labute approximate surface area is 153 Å². The van der Waals surface area contributed by atoms with Gasteiger partial charge in [0, 0.05) is 18.4 Å². The zero-order valence-electron chi connectivity index (χ0n) is 14.8. The first kappa shape index (κ1) is 16.5. The Bertz CT molecular complexity index is 909. The van der Waals surface area contributed by atoms with Crippen LogP contribution in [0, 0.1) is 6.92 Å². The fourth-order valence-electron chi connectivity index (χ4n) is 3.62. The topological polar surface area (TPSA) is 46.1 Å². The Morgan fingerprint density at radius 1 is 1.04 bits per heavy atom. The number of pyridine rings is 2. The highest BCUT2D eigenvalue weighted by Crippen LogP contribution is 2.34. The summed E-state index contributed by atoms with van der Waals surface area (Å²) in [7, 11) is 0. The van der Waals surface area contributed by atoms with Gasteiger partial charge < -0.3 is 4.90 Å². The van der Waals surface area contributed by atoms with E-state index in [4.69, 9.17) is 4.98 Å². The summed E-state index contributed by atoms with van der Waals surface area (Å²) < 4.78 is 0. The van der Waals surface area contributed by atoms with Gasteiger partial charge in [-0.3, -0.25) is 14.8 Å². The van der Waals surface area contributed by atoms with Crippen molar-refractivity contribution in [3.63, 3.8) is 0 Å². The van der Waals surface area contributed by atoms with E-state index in [0.717, 1.165) is 36.3 Å². The molecular weight excluding hydrogens is 322 g/mol. The van der Waals surface area contributed by atoms with Crippen LogP contribution < -0.4 is 0 Å². The van der Waals surface area contributed by atoms with Gasteiger partial charge in [0.05, 0.1) is 11.7 Å². The summed E-state index contributed by atoms with van der Waals surface area (Å²) in [5, 5.41) is 0. The van der Waals surface area contributed by atoms with Crippen LogP contribution in [0.25, 0.3) is 11.1 Å². The van der Waals surface area contributed by atoms with Gasteiger partial charge in [-0.2, -0.15) is 0 Å². The fraction of sp³-hybridized carbons (Fsp3) is 0.227. The number of hydrogen-bond acceptors (Lipinski definition) is 3. The number of amides is 1. The molecule has 0 radical (unpaired) electrons. The van der Waals surface area contributed by atoms with Crippen LogP contribution in [0.3, 0.4) is 0 Å². The Morgan fingerprint density at radius 3 is 2.62 bits per heavy atom. The standard InChI is InChI=1S/C22H21N3O/c1-16-14-18(17-8-3-2-4-9-17)15-20(24-16)21-11-7-13-25(21)22(26)19-10-5-6-12-23-19/h2-6,8-10,12,14-15,21H,7,11,13H2,1H3/t21-/m1/s1. The molecule has 130 valence electrons. The number of aryl methyl sites for hydroxylation is 1. The lowest BCUT2D eigenvalue weighted by atomic mass is 10.0. The van der Waals surface area contributed by atoms with Crippen LogP contribution in [0.5, 0.6) is 0 Å². The fourth-order valence-corrected chi connectivity index (χ4v) is 3.62. The number of nitrogens with zero attached hydrogens (tertiary/aromatic N) is 3. The molecule has 0 bridgehead atoms. The molecule has 1 amide bonds. The lowest BCUT2D eigenvalue weighted by Crippen LogP contribution is -2.31. The first-order valence-corrected chi connectivity index (χ1v) is 8.98. The molecule has 1 aliphatic heterocycles. The van der Waals surface area contributed by atoms with E-state index in [1.807, 2.05) is 42.2 Å². The highest BCUT2D eigenvalue weighted by Gasteiger charge is 2.32. The lowest BCUT2D eigenvalue weighted by Gasteiger charge is -2.24. The van der Waals surface area contributed by atoms with Gasteiger partial charge in [0.1, 0.15) is 5.69 Å². The number of hydrogen-bond donors (Lipinski definition) is 0. The number of carbonyl (C=O) groups excluding carboxylic acids is 1. The van der Waals surface area contributed by atoms with E-state index in [0.29, 0.717) is 5.69 Å². The summed E-state index contributed by atoms with van der Waals surface area (Å²) >= 11 is 0. The van der Waals surface area contributed by atoms with Gasteiger partial charge in [0.2, 0.25) is 0 Å². The molecule has 4 nitrogen and oxygen atoms in total. The van der Waals surface area contributed by atoms with Crippen molar-refractivity contribution in [2.45, 2.75) is 25.8 Å². The number of benzene rings is 1. The largest absolute Gasteiger partial charge is 0.329 e. The maximum atomic E-state index is 12.9. The summed E-state index contributed by atoms with van der Waals surface area (Å²) in [6, 6.07) is 20.0. The van der Waals surface area contributed by atoms with Crippen molar-refractivity contribution in [3.05, 3.63) is 83.9 Å². The van der Waals surface area contributed by atoms with E-state index in [9.17, 15) is 4.79 Å². The molecule has 0 N–H and O–H groups in total. The Morgan fingerprint density at radius 2 is 1.85 bits per heavy atom. The summed E-state index contributed by atoms with van der Waals surface area (Å²) in [6.45, 7) is 2.76. The first-order valence-electron chi connectivity index (χ1n) is 8.98. The minimum absolute atomic E-state index is 0.00636. The van der Waals surface area contributed by atoms with Crippen LogP contribution in [0.4, 0.5) is 0 Å². The van der Waals surface area contributed by atoms with Crippen molar-refractivity contribution in [3.8, 4) is 11.1 Å². The second kappa shape index (κ2) is 7.08. The molecule has 2 aromatic heterocycles. The van der Waals surface area contributed by atoms with Crippen LogP contribution in [0.1, 0.15) is 40.8 Å². The van der Waals surface area contributed by atoms with Gasteiger partial charge >= 0.3 is 0 Å². The molecule has 26 heavy (non-hydrogen) atoms. The minimum Gasteiger partial charge on any atom is -0.329 e. The third-order valence-electron chi connectivity index (χ3n) is 4.82. The molecule has 1 fully saturated rings. The second-order valence-electron chi connectivity index (χ2n) is 6.66. The molecule has 0 saturated carbocycles. The van der Waals surface area contributed by atoms with Gasteiger partial charge in [0.15, 0.2) is 0 Å². The van der Waals surface area contributed by atoms with Gasteiger partial charge in [0.25, 0.3) is 5.91 Å². The van der Waals surface area contributed by atoms with Gasteiger partial charge in [-0.1, -0.05) is 36.4 Å². The Hall–Kier alpha value is -3.01. The van der Waals surface area contributed by atoms with E-state index in [-0.39, 0.29) is 11.9 Å². The van der Waals surface area contributed by atoms with Crippen LogP contribution >= 0.6 is 0 Å². The predicted molar refractivity (Wildman–Crippen MR) is 102 cm³/mol. The molecule has 4 rings (SSSR count). The van der Waals surface area contributed by atoms with Crippen molar-refractivity contribution >= 4 is 5.91 Å². The van der Waals surface area contributed by atoms with E-state index < -0.39 is 0 Å². The van der Waals surface area contributed by atoms with E-state index in [1.54, 1.807) is 12.3 Å². The summed E-state index contributed by atoms with van der Waals surface area (Å²) in [4.78, 5) is 23.8. The predicted octanol–water partition coefficient (Wildman–Crippen LogP) is 4.43. The van der Waals surface area contributed by atoms with Gasteiger partial charge in [-0.05, 0) is 55.2 Å². The zero-order valence-corrected chi connectivity index (χ0v) is 14.8. The molecule has 1 aliphatic rings. The van der Waals surface area contributed by atoms with Crippen molar-refractivity contribution in [1.82, 2.24) is 14.9 Å². The van der Waals surface area contributed by atoms with Crippen LogP contribution in [0.2, 0.25) is 0 Å². The molecule has 4 heteroatoms. The maximum absolute atomic E-state index is 12.9. The number of rotatable bonds is 3. The Balaban J connectivity index is 1.68. The van der Waals surface area contributed by atoms with Crippen molar-refractivity contribution in [2.24, 2.45) is 0 Å². The average Bonchev–Trinajstić information content (AvgIpc) is 3.18. The molecule has 0 unspecified atom stereocenters. The van der Waals surface area contributed by atoms with Crippen molar-refractivity contribution in [2.75, 3.05) is 6.54 Å². The smallest absolute Gasteiger partial charge is 0.273 e. The molecule has 3 aromatic rings. The maximum Gasteiger partial charge on any atom is 0.273 e. The molecular formula is C22H21N3O. The molecule has 1 atom stereocenters. The summed E-state index contributed by atoms with van der Waals surface area (Å²) in [5.41, 5.74) is 4.74. The molecule has 1 aromatic carbocycles. The van der Waals surface area contributed by atoms with Crippen molar-refractivity contribution in [1.29, 1.82) is 0 Å². The van der Waals surface area contributed by atoms with E-state index in [1.165, 1.54) is 5.56 Å². The van der Waals surface area contributed by atoms with Crippen LogP contribution in [0.15, 0.2) is 66.9 Å². The highest BCUT2D eigenvalue weighted by atomic mass is 16.2. The number of aromatic nitrogens is 2. The monoisotopic (exact) mass is 343 g/mol. The van der Waals surface area contributed by atoms with E-state index >= 15 is 0 Å². The molecule has 0 aliphatic carbocycles. The molecule has 3 heterocycles. The average molecular weight is 343 g/mol. The third-order valence-corrected chi connectivity index (χ3v) is 4.82. The van der Waals surface area contributed by atoms with Crippen LogP contribution in [-0.4, -0.2) is 27.3 Å². The Kier molecular flexibility index (Phi) is 4.48. The second-order valence-corrected chi connectivity index (χ2v) is 6.66. The quantitative estimate of drug-likeness (QED) is 0.707. The summed E-state index contributed by atoms with van der Waals surface area (Å²) in [6.07, 6.45) is 3.58. The number of likely N-dealkylation sites (tertiary alicyclic amines) is 1. The molecule has 1 saturated heterocycles. The van der Waals surface area contributed by atoms with E-state index in [2.05, 4.69) is 29.2 Å². The summed E-state index contributed by atoms with van der Waals surface area (Å²) in [5.74, 6) is -0.0160. The molecule has 0 spiro atoms. The lowest BCUT2D eigenvalue weighted by molar-refractivity contribution is 0.0727. The van der Waals surface area contributed by atoms with Gasteiger partial charge in [-0.15, -0.1) is 0 Å². The zero-order chi connectivity index (χ0) is 17.9. The van der Waals surface area contributed by atoms with Gasteiger partial charge in [-0.25, -0.2) is 0 Å². The highest BCUT2D eigenvalue weighted by molar-refractivity contribution is 5.92. The SMILES string of the molecule is Cc1cc(-c2ccccc2)cc([C@H]2CCCN2C(=O)c2ccccn2)n1. The first-order chi connectivity index (χ1) is 12.7. The minimum atomic E-state index is -0.0160. The van der Waals surface area contributed by atoms with Crippen molar-refractivity contribution < 1.29 is 4.79 Å². The number of carbonyl (C=O) groups is 1. The normalized spacial score (nSPS) is 16.7. The van der Waals surface area contributed by atoms with Crippen LogP contribution in [-0.2, 0) is 0 Å².